The third-order valence-corrected chi connectivity index (χ3v) is 5.66. The van der Waals surface area contributed by atoms with E-state index in [1.165, 1.54) is 0 Å². The lowest BCUT2D eigenvalue weighted by molar-refractivity contribution is -0.136. The number of carbonyl (C=O) groups is 2. The zero-order valence-electron chi connectivity index (χ0n) is 14.8. The van der Waals surface area contributed by atoms with Gasteiger partial charge in [0.2, 0.25) is 5.91 Å². The largest absolute Gasteiger partial charge is 0.341 e. The summed E-state index contributed by atoms with van der Waals surface area (Å²) in [6.07, 6.45) is 3.96. The standard InChI is InChI=1S/C19H26BrN3O2/c1-21(13-15-6-8-17(20)9-7-15)18(24)16-5-4-12-23(14-16)19(25)22-10-2-3-11-22/h6-9,16H,2-5,10-14H2,1H3. The van der Waals surface area contributed by atoms with E-state index in [4.69, 9.17) is 0 Å². The first kappa shape index (κ1) is 18.2. The minimum atomic E-state index is -0.0826. The lowest BCUT2D eigenvalue weighted by atomic mass is 9.96. The van der Waals surface area contributed by atoms with Gasteiger partial charge in [-0.3, -0.25) is 4.79 Å². The molecule has 0 bridgehead atoms. The minimum Gasteiger partial charge on any atom is -0.341 e. The van der Waals surface area contributed by atoms with Crippen molar-refractivity contribution in [3.8, 4) is 0 Å². The van der Waals surface area contributed by atoms with E-state index in [2.05, 4.69) is 15.9 Å². The highest BCUT2D eigenvalue weighted by atomic mass is 79.9. The molecule has 0 N–H and O–H groups in total. The Bertz CT molecular complexity index is 614. The molecule has 0 spiro atoms. The zero-order valence-corrected chi connectivity index (χ0v) is 16.4. The van der Waals surface area contributed by atoms with Crippen molar-refractivity contribution in [2.75, 3.05) is 33.2 Å². The first-order valence-electron chi connectivity index (χ1n) is 9.08. The predicted molar refractivity (Wildman–Crippen MR) is 101 cm³/mol. The Morgan fingerprint density at radius 3 is 2.40 bits per heavy atom. The molecule has 5 nitrogen and oxygen atoms in total. The van der Waals surface area contributed by atoms with Crippen LogP contribution in [0.3, 0.4) is 0 Å². The molecule has 1 atom stereocenters. The van der Waals surface area contributed by atoms with Crippen molar-refractivity contribution in [3.05, 3.63) is 34.3 Å². The molecule has 0 aromatic heterocycles. The van der Waals surface area contributed by atoms with E-state index in [1.807, 2.05) is 41.1 Å². The SMILES string of the molecule is CN(Cc1ccc(Br)cc1)C(=O)C1CCCN(C(=O)N2CCCC2)C1. The summed E-state index contributed by atoms with van der Waals surface area (Å²) in [6, 6.07) is 8.15. The van der Waals surface area contributed by atoms with E-state index in [0.717, 1.165) is 55.4 Å². The Morgan fingerprint density at radius 2 is 1.72 bits per heavy atom. The van der Waals surface area contributed by atoms with Crippen molar-refractivity contribution >= 4 is 27.9 Å². The molecule has 1 aromatic carbocycles. The number of likely N-dealkylation sites (tertiary alicyclic amines) is 2. The van der Waals surface area contributed by atoms with Crippen LogP contribution in [0, 0.1) is 5.92 Å². The average molecular weight is 408 g/mol. The molecule has 1 aromatic rings. The highest BCUT2D eigenvalue weighted by molar-refractivity contribution is 9.10. The van der Waals surface area contributed by atoms with E-state index < -0.39 is 0 Å². The van der Waals surface area contributed by atoms with Crippen molar-refractivity contribution in [3.63, 3.8) is 0 Å². The topological polar surface area (TPSA) is 43.9 Å². The average Bonchev–Trinajstić information content (AvgIpc) is 3.17. The van der Waals surface area contributed by atoms with E-state index in [9.17, 15) is 9.59 Å². The smallest absolute Gasteiger partial charge is 0.320 e. The molecular formula is C19H26BrN3O2. The lowest BCUT2D eigenvalue weighted by Gasteiger charge is -2.36. The van der Waals surface area contributed by atoms with Gasteiger partial charge in [0.15, 0.2) is 0 Å². The second kappa shape index (κ2) is 8.21. The number of hydrogen-bond acceptors (Lipinski definition) is 2. The van der Waals surface area contributed by atoms with Crippen LogP contribution in [0.5, 0.6) is 0 Å². The molecule has 0 saturated carbocycles. The molecular weight excluding hydrogens is 382 g/mol. The summed E-state index contributed by atoms with van der Waals surface area (Å²) < 4.78 is 1.04. The summed E-state index contributed by atoms with van der Waals surface area (Å²) in [6.45, 7) is 3.64. The van der Waals surface area contributed by atoms with Crippen LogP contribution in [0.25, 0.3) is 0 Å². The maximum absolute atomic E-state index is 12.8. The molecule has 0 aliphatic carbocycles. The number of carbonyl (C=O) groups excluding carboxylic acids is 2. The third kappa shape index (κ3) is 4.54. The normalized spacial score (nSPS) is 20.6. The third-order valence-electron chi connectivity index (χ3n) is 5.13. The van der Waals surface area contributed by atoms with Gasteiger partial charge in [-0.05, 0) is 43.4 Å². The van der Waals surface area contributed by atoms with Gasteiger partial charge in [0.25, 0.3) is 0 Å². The molecule has 0 radical (unpaired) electrons. The molecule has 2 aliphatic rings. The Balaban J connectivity index is 1.57. The van der Waals surface area contributed by atoms with E-state index in [-0.39, 0.29) is 17.9 Å². The molecule has 2 fully saturated rings. The first-order chi connectivity index (χ1) is 12.0. The summed E-state index contributed by atoms with van der Waals surface area (Å²) in [4.78, 5) is 31.0. The highest BCUT2D eigenvalue weighted by Crippen LogP contribution is 2.22. The monoisotopic (exact) mass is 407 g/mol. The second-order valence-corrected chi connectivity index (χ2v) is 8.00. The number of nitrogens with zero attached hydrogens (tertiary/aromatic N) is 3. The van der Waals surface area contributed by atoms with Crippen molar-refractivity contribution in [1.29, 1.82) is 0 Å². The first-order valence-corrected chi connectivity index (χ1v) is 9.87. The van der Waals surface area contributed by atoms with Crippen LogP contribution in [-0.2, 0) is 11.3 Å². The number of urea groups is 1. The second-order valence-electron chi connectivity index (χ2n) is 7.08. The fraction of sp³-hybridized carbons (Fsp3) is 0.579. The molecule has 6 heteroatoms. The number of piperidine rings is 1. The van der Waals surface area contributed by atoms with E-state index in [1.54, 1.807) is 4.90 Å². The van der Waals surface area contributed by atoms with Crippen LogP contribution in [0.15, 0.2) is 28.7 Å². The van der Waals surface area contributed by atoms with Gasteiger partial charge in [0.05, 0.1) is 5.92 Å². The maximum atomic E-state index is 12.8. The van der Waals surface area contributed by atoms with Gasteiger partial charge in [-0.2, -0.15) is 0 Å². The molecule has 2 saturated heterocycles. The van der Waals surface area contributed by atoms with Crippen molar-refractivity contribution < 1.29 is 9.59 Å². The summed E-state index contributed by atoms with van der Waals surface area (Å²) in [5.41, 5.74) is 1.11. The number of halogens is 1. The summed E-state index contributed by atoms with van der Waals surface area (Å²) in [7, 11) is 1.85. The van der Waals surface area contributed by atoms with Gasteiger partial charge in [-0.1, -0.05) is 28.1 Å². The molecule has 2 heterocycles. The van der Waals surface area contributed by atoms with E-state index in [0.29, 0.717) is 13.1 Å². The number of rotatable bonds is 3. The van der Waals surface area contributed by atoms with Crippen LogP contribution < -0.4 is 0 Å². The highest BCUT2D eigenvalue weighted by Gasteiger charge is 2.32. The van der Waals surface area contributed by atoms with Gasteiger partial charge >= 0.3 is 6.03 Å². The number of benzene rings is 1. The van der Waals surface area contributed by atoms with Gasteiger partial charge in [-0.25, -0.2) is 4.79 Å². The number of hydrogen-bond donors (Lipinski definition) is 0. The summed E-state index contributed by atoms with van der Waals surface area (Å²) >= 11 is 3.43. The summed E-state index contributed by atoms with van der Waals surface area (Å²) in [5, 5.41) is 0. The Kier molecular flexibility index (Phi) is 5.99. The molecule has 25 heavy (non-hydrogen) atoms. The maximum Gasteiger partial charge on any atom is 0.320 e. The van der Waals surface area contributed by atoms with Crippen molar-refractivity contribution in [2.45, 2.75) is 32.2 Å². The van der Waals surface area contributed by atoms with Gasteiger partial charge in [0, 0.05) is 44.2 Å². The van der Waals surface area contributed by atoms with Crippen LogP contribution in [0.4, 0.5) is 4.79 Å². The van der Waals surface area contributed by atoms with Crippen LogP contribution in [-0.4, -0.2) is 59.9 Å². The molecule has 136 valence electrons. The molecule has 3 rings (SSSR count). The van der Waals surface area contributed by atoms with Crippen LogP contribution in [0.2, 0.25) is 0 Å². The van der Waals surface area contributed by atoms with Gasteiger partial charge in [-0.15, -0.1) is 0 Å². The van der Waals surface area contributed by atoms with Crippen molar-refractivity contribution in [2.24, 2.45) is 5.92 Å². The quantitative estimate of drug-likeness (QED) is 0.770. The summed E-state index contributed by atoms with van der Waals surface area (Å²) in [5.74, 6) is 0.0580. The Morgan fingerprint density at radius 1 is 1.08 bits per heavy atom. The molecule has 1 unspecified atom stereocenters. The van der Waals surface area contributed by atoms with Crippen LogP contribution in [0.1, 0.15) is 31.2 Å². The van der Waals surface area contributed by atoms with E-state index >= 15 is 0 Å². The molecule has 2 aliphatic heterocycles. The van der Waals surface area contributed by atoms with Gasteiger partial charge < -0.3 is 14.7 Å². The van der Waals surface area contributed by atoms with Crippen LogP contribution >= 0.6 is 15.9 Å². The predicted octanol–water partition coefficient (Wildman–Crippen LogP) is 3.34. The lowest BCUT2D eigenvalue weighted by Crippen LogP contribution is -2.49. The van der Waals surface area contributed by atoms with Crippen molar-refractivity contribution in [1.82, 2.24) is 14.7 Å². The number of amides is 3. The Hall–Kier alpha value is -1.56. The molecule has 3 amide bonds. The Labute approximate surface area is 158 Å². The fourth-order valence-corrected chi connectivity index (χ4v) is 3.98. The fourth-order valence-electron chi connectivity index (χ4n) is 3.71. The zero-order chi connectivity index (χ0) is 17.8. The van der Waals surface area contributed by atoms with Gasteiger partial charge in [0.1, 0.15) is 0 Å². The minimum absolute atomic E-state index is 0.0826.